The second-order valence-electron chi connectivity index (χ2n) is 6.43. The van der Waals surface area contributed by atoms with Crippen molar-refractivity contribution in [3.63, 3.8) is 0 Å². The molecule has 1 heterocycles. The quantitative estimate of drug-likeness (QED) is 0.412. The standard InChI is InChI=1S/C23H21NO2S/c1-16(23-24-19-10-6-7-11-22(19)27-23)18-12-13-20(25-2)21(14-18)26-15-17-8-4-3-5-9-17/h3-14,16H,15H2,1-2H3. The number of benzene rings is 3. The summed E-state index contributed by atoms with van der Waals surface area (Å²) in [5.74, 6) is 1.69. The normalized spacial score (nSPS) is 12.1. The van der Waals surface area contributed by atoms with E-state index in [1.165, 1.54) is 4.70 Å². The molecule has 0 saturated carbocycles. The lowest BCUT2D eigenvalue weighted by molar-refractivity contribution is 0.284. The number of thiazole rings is 1. The number of rotatable bonds is 6. The van der Waals surface area contributed by atoms with Gasteiger partial charge in [0.2, 0.25) is 0 Å². The molecule has 3 aromatic carbocycles. The summed E-state index contributed by atoms with van der Waals surface area (Å²) in [4.78, 5) is 4.80. The van der Waals surface area contributed by atoms with E-state index in [2.05, 4.69) is 49.4 Å². The summed E-state index contributed by atoms with van der Waals surface area (Å²) in [6.07, 6.45) is 0. The van der Waals surface area contributed by atoms with E-state index in [1.54, 1.807) is 18.4 Å². The van der Waals surface area contributed by atoms with Gasteiger partial charge in [-0.2, -0.15) is 0 Å². The zero-order valence-corrected chi connectivity index (χ0v) is 16.2. The van der Waals surface area contributed by atoms with E-state index < -0.39 is 0 Å². The van der Waals surface area contributed by atoms with Gasteiger partial charge in [0.25, 0.3) is 0 Å². The summed E-state index contributed by atoms with van der Waals surface area (Å²) in [5.41, 5.74) is 3.35. The molecule has 1 unspecified atom stereocenters. The molecule has 0 aliphatic heterocycles. The Balaban J connectivity index is 1.60. The number of para-hydroxylation sites is 1. The summed E-state index contributed by atoms with van der Waals surface area (Å²) in [7, 11) is 1.67. The molecule has 0 saturated heterocycles. The molecule has 0 fully saturated rings. The van der Waals surface area contributed by atoms with Crippen LogP contribution in [0.2, 0.25) is 0 Å². The van der Waals surface area contributed by atoms with Crippen molar-refractivity contribution in [2.45, 2.75) is 19.4 Å². The number of hydrogen-bond donors (Lipinski definition) is 0. The van der Waals surface area contributed by atoms with Gasteiger partial charge in [-0.1, -0.05) is 55.5 Å². The van der Waals surface area contributed by atoms with Crippen LogP contribution in [0, 0.1) is 0 Å². The van der Waals surface area contributed by atoms with Crippen molar-refractivity contribution in [2.75, 3.05) is 7.11 Å². The molecule has 136 valence electrons. The van der Waals surface area contributed by atoms with E-state index in [4.69, 9.17) is 14.5 Å². The van der Waals surface area contributed by atoms with Crippen molar-refractivity contribution in [1.29, 1.82) is 0 Å². The molecule has 1 atom stereocenters. The van der Waals surface area contributed by atoms with E-state index in [-0.39, 0.29) is 5.92 Å². The molecule has 0 amide bonds. The van der Waals surface area contributed by atoms with Crippen LogP contribution in [0.1, 0.15) is 29.0 Å². The Morgan fingerprint density at radius 2 is 1.70 bits per heavy atom. The lowest BCUT2D eigenvalue weighted by Gasteiger charge is -2.15. The van der Waals surface area contributed by atoms with Crippen LogP contribution < -0.4 is 9.47 Å². The highest BCUT2D eigenvalue weighted by molar-refractivity contribution is 7.18. The van der Waals surface area contributed by atoms with E-state index in [0.717, 1.165) is 33.2 Å². The maximum absolute atomic E-state index is 6.06. The Bertz CT molecular complexity index is 1010. The number of aromatic nitrogens is 1. The minimum Gasteiger partial charge on any atom is -0.493 e. The Morgan fingerprint density at radius 3 is 2.48 bits per heavy atom. The van der Waals surface area contributed by atoms with Gasteiger partial charge < -0.3 is 9.47 Å². The molecule has 1 aromatic heterocycles. The lowest BCUT2D eigenvalue weighted by Crippen LogP contribution is -2.01. The summed E-state index contributed by atoms with van der Waals surface area (Å²) in [6, 6.07) is 24.5. The zero-order valence-electron chi connectivity index (χ0n) is 15.4. The van der Waals surface area contributed by atoms with Crippen LogP contribution in [0.5, 0.6) is 11.5 Å². The predicted octanol–water partition coefficient (Wildman–Crippen LogP) is 6.04. The van der Waals surface area contributed by atoms with E-state index in [0.29, 0.717) is 6.61 Å². The average molecular weight is 375 g/mol. The SMILES string of the molecule is COc1ccc(C(C)c2nc3ccccc3s2)cc1OCc1ccccc1. The number of ether oxygens (including phenoxy) is 2. The highest BCUT2D eigenvalue weighted by Gasteiger charge is 2.16. The van der Waals surface area contributed by atoms with E-state index >= 15 is 0 Å². The number of methoxy groups -OCH3 is 1. The van der Waals surface area contributed by atoms with Crippen molar-refractivity contribution < 1.29 is 9.47 Å². The van der Waals surface area contributed by atoms with Gasteiger partial charge in [-0.05, 0) is 35.4 Å². The molecule has 0 aliphatic rings. The Hall–Kier alpha value is -2.85. The van der Waals surface area contributed by atoms with E-state index in [1.807, 2.05) is 30.3 Å². The Kier molecular flexibility index (Phi) is 5.07. The third-order valence-electron chi connectivity index (χ3n) is 4.61. The summed E-state index contributed by atoms with van der Waals surface area (Å²) in [5, 5.41) is 1.11. The molecular formula is C23H21NO2S. The number of nitrogens with zero attached hydrogens (tertiary/aromatic N) is 1. The third-order valence-corrected chi connectivity index (χ3v) is 5.82. The van der Waals surface area contributed by atoms with Crippen LogP contribution in [0.4, 0.5) is 0 Å². The fraction of sp³-hybridized carbons (Fsp3) is 0.174. The van der Waals surface area contributed by atoms with E-state index in [9.17, 15) is 0 Å². The largest absolute Gasteiger partial charge is 0.493 e. The molecule has 0 radical (unpaired) electrons. The highest BCUT2D eigenvalue weighted by atomic mass is 32.1. The number of hydrogen-bond acceptors (Lipinski definition) is 4. The molecule has 0 bridgehead atoms. The first-order chi connectivity index (χ1) is 13.2. The molecule has 0 aliphatic carbocycles. The smallest absolute Gasteiger partial charge is 0.161 e. The zero-order chi connectivity index (χ0) is 18.6. The monoisotopic (exact) mass is 375 g/mol. The second kappa shape index (κ2) is 7.80. The fourth-order valence-corrected chi connectivity index (χ4v) is 4.08. The summed E-state index contributed by atoms with van der Waals surface area (Å²) >= 11 is 1.74. The minimum absolute atomic E-state index is 0.187. The topological polar surface area (TPSA) is 31.4 Å². The van der Waals surface area contributed by atoms with Crippen LogP contribution in [0.3, 0.4) is 0 Å². The molecule has 3 nitrogen and oxygen atoms in total. The number of fused-ring (bicyclic) bond motifs is 1. The molecule has 4 aromatic rings. The van der Waals surface area contributed by atoms with Gasteiger partial charge in [0, 0.05) is 5.92 Å². The predicted molar refractivity (Wildman–Crippen MR) is 111 cm³/mol. The molecule has 27 heavy (non-hydrogen) atoms. The van der Waals surface area contributed by atoms with Crippen molar-refractivity contribution in [3.05, 3.63) is 88.9 Å². The third kappa shape index (κ3) is 3.81. The van der Waals surface area contributed by atoms with Crippen molar-refractivity contribution >= 4 is 21.6 Å². The lowest BCUT2D eigenvalue weighted by atomic mass is 10.0. The average Bonchev–Trinajstić information content (AvgIpc) is 3.16. The first kappa shape index (κ1) is 17.6. The van der Waals surface area contributed by atoms with Crippen molar-refractivity contribution in [1.82, 2.24) is 4.98 Å². The first-order valence-corrected chi connectivity index (χ1v) is 9.76. The maximum atomic E-state index is 6.06. The first-order valence-electron chi connectivity index (χ1n) is 8.94. The van der Waals surface area contributed by atoms with Crippen LogP contribution in [-0.2, 0) is 6.61 Å². The minimum atomic E-state index is 0.187. The Labute approximate surface area is 163 Å². The summed E-state index contributed by atoms with van der Waals surface area (Å²) < 4.78 is 12.8. The maximum Gasteiger partial charge on any atom is 0.161 e. The van der Waals surface area contributed by atoms with Crippen LogP contribution in [-0.4, -0.2) is 12.1 Å². The van der Waals surface area contributed by atoms with Gasteiger partial charge in [0.15, 0.2) is 11.5 Å². The van der Waals surface area contributed by atoms with Gasteiger partial charge in [0.1, 0.15) is 11.6 Å². The van der Waals surface area contributed by atoms with Crippen molar-refractivity contribution in [3.8, 4) is 11.5 Å². The van der Waals surface area contributed by atoms with Gasteiger partial charge in [0.05, 0.1) is 17.3 Å². The van der Waals surface area contributed by atoms with Gasteiger partial charge >= 0.3 is 0 Å². The van der Waals surface area contributed by atoms with Crippen LogP contribution >= 0.6 is 11.3 Å². The molecule has 0 N–H and O–H groups in total. The molecule has 4 heteroatoms. The molecular weight excluding hydrogens is 354 g/mol. The van der Waals surface area contributed by atoms with Crippen molar-refractivity contribution in [2.24, 2.45) is 0 Å². The van der Waals surface area contributed by atoms with Gasteiger partial charge in [-0.3, -0.25) is 0 Å². The molecule has 4 rings (SSSR count). The second-order valence-corrected chi connectivity index (χ2v) is 7.49. The fourth-order valence-electron chi connectivity index (χ4n) is 3.03. The summed E-state index contributed by atoms with van der Waals surface area (Å²) in [6.45, 7) is 2.69. The van der Waals surface area contributed by atoms with Crippen LogP contribution in [0.15, 0.2) is 72.8 Å². The highest BCUT2D eigenvalue weighted by Crippen LogP contribution is 2.36. The van der Waals surface area contributed by atoms with Crippen LogP contribution in [0.25, 0.3) is 10.2 Å². The van der Waals surface area contributed by atoms with Gasteiger partial charge in [-0.15, -0.1) is 11.3 Å². The molecule has 0 spiro atoms. The van der Waals surface area contributed by atoms with Gasteiger partial charge in [-0.25, -0.2) is 4.98 Å². The Morgan fingerprint density at radius 1 is 0.926 bits per heavy atom.